The molecule has 2 aromatic rings. The minimum absolute atomic E-state index is 0.228. The summed E-state index contributed by atoms with van der Waals surface area (Å²) in [6, 6.07) is 9.28. The van der Waals surface area contributed by atoms with Crippen LogP contribution in [-0.4, -0.2) is 11.0 Å². The number of hydrogen-bond donors (Lipinski definition) is 2. The van der Waals surface area contributed by atoms with Gasteiger partial charge in [0, 0.05) is 24.7 Å². The van der Waals surface area contributed by atoms with Gasteiger partial charge in [-0.25, -0.2) is 4.98 Å². The summed E-state index contributed by atoms with van der Waals surface area (Å²) in [6.07, 6.45) is -1.57. The van der Waals surface area contributed by atoms with E-state index in [1.54, 1.807) is 12.3 Å². The number of nitrogens with two attached hydrogens (primary N) is 1. The van der Waals surface area contributed by atoms with Crippen LogP contribution in [0.15, 0.2) is 42.6 Å². The van der Waals surface area contributed by atoms with E-state index in [-0.39, 0.29) is 6.04 Å². The molecule has 0 amide bonds. The third kappa shape index (κ3) is 3.39. The number of rotatable bonds is 4. The van der Waals surface area contributed by atoms with E-state index in [9.17, 15) is 13.2 Å². The second-order valence-corrected chi connectivity index (χ2v) is 5.53. The van der Waals surface area contributed by atoms with Crippen LogP contribution >= 0.6 is 0 Å². The quantitative estimate of drug-likeness (QED) is 0.908. The number of nitrogens with one attached hydrogen (secondary N) is 1. The topological polar surface area (TPSA) is 50.9 Å². The summed E-state index contributed by atoms with van der Waals surface area (Å²) in [6.45, 7) is 0.291. The fraction of sp³-hybridized carbons (Fsp3) is 0.312. The molecule has 116 valence electrons. The average Bonchev–Trinajstić information content (AvgIpc) is 3.22. The zero-order chi connectivity index (χ0) is 15.7. The Hall–Kier alpha value is -2.08. The van der Waals surface area contributed by atoms with E-state index >= 15 is 0 Å². The van der Waals surface area contributed by atoms with Crippen molar-refractivity contribution in [2.75, 3.05) is 5.32 Å². The van der Waals surface area contributed by atoms with Crippen LogP contribution in [-0.2, 0) is 12.7 Å². The lowest BCUT2D eigenvalue weighted by Crippen LogP contribution is -2.07. The van der Waals surface area contributed by atoms with Crippen LogP contribution in [0.1, 0.15) is 29.0 Å². The predicted molar refractivity (Wildman–Crippen MR) is 78.3 cm³/mol. The molecule has 1 aliphatic rings. The third-order valence-corrected chi connectivity index (χ3v) is 3.78. The number of aromatic nitrogens is 1. The molecule has 2 atom stereocenters. The highest BCUT2D eigenvalue weighted by atomic mass is 19.4. The van der Waals surface area contributed by atoms with Crippen LogP contribution in [0.3, 0.4) is 0 Å². The molecule has 1 aromatic heterocycles. The van der Waals surface area contributed by atoms with Crippen molar-refractivity contribution in [2.45, 2.75) is 31.1 Å². The molecule has 2 unspecified atom stereocenters. The smallest absolute Gasteiger partial charge is 0.366 e. The van der Waals surface area contributed by atoms with Gasteiger partial charge in [-0.1, -0.05) is 18.2 Å². The average molecular weight is 307 g/mol. The van der Waals surface area contributed by atoms with Gasteiger partial charge in [0.25, 0.3) is 0 Å². The second kappa shape index (κ2) is 5.61. The first-order valence-electron chi connectivity index (χ1n) is 7.05. The molecule has 1 aliphatic carbocycles. The Morgan fingerprint density at radius 3 is 2.59 bits per heavy atom. The molecule has 1 saturated carbocycles. The van der Waals surface area contributed by atoms with Crippen molar-refractivity contribution in [3.8, 4) is 0 Å². The van der Waals surface area contributed by atoms with Gasteiger partial charge in [0.2, 0.25) is 0 Å². The van der Waals surface area contributed by atoms with Crippen LogP contribution in [0.2, 0.25) is 0 Å². The largest absolute Gasteiger partial charge is 0.416 e. The van der Waals surface area contributed by atoms with Gasteiger partial charge < -0.3 is 11.1 Å². The molecule has 3 nitrogen and oxygen atoms in total. The molecule has 0 bridgehead atoms. The van der Waals surface area contributed by atoms with Crippen LogP contribution < -0.4 is 11.1 Å². The van der Waals surface area contributed by atoms with Crippen molar-refractivity contribution >= 4 is 5.82 Å². The molecular weight excluding hydrogens is 291 g/mol. The molecule has 3 N–H and O–H groups in total. The molecule has 0 spiro atoms. The molecule has 3 rings (SSSR count). The van der Waals surface area contributed by atoms with Crippen LogP contribution in [0.25, 0.3) is 0 Å². The highest BCUT2D eigenvalue weighted by Gasteiger charge is 2.34. The second-order valence-electron chi connectivity index (χ2n) is 5.53. The van der Waals surface area contributed by atoms with Gasteiger partial charge >= 0.3 is 6.18 Å². The van der Waals surface area contributed by atoms with Crippen molar-refractivity contribution in [2.24, 2.45) is 5.73 Å². The lowest BCUT2D eigenvalue weighted by Gasteiger charge is -2.10. The van der Waals surface area contributed by atoms with Gasteiger partial charge in [-0.3, -0.25) is 0 Å². The third-order valence-electron chi connectivity index (χ3n) is 3.78. The van der Waals surface area contributed by atoms with E-state index in [0.29, 0.717) is 23.8 Å². The molecule has 1 fully saturated rings. The monoisotopic (exact) mass is 307 g/mol. The predicted octanol–water partition coefficient (Wildman–Crippen LogP) is 3.53. The van der Waals surface area contributed by atoms with Gasteiger partial charge in [0.15, 0.2) is 0 Å². The Balaban J connectivity index is 1.62. The van der Waals surface area contributed by atoms with Crippen LogP contribution in [0.4, 0.5) is 19.0 Å². The summed E-state index contributed by atoms with van der Waals surface area (Å²) in [4.78, 5) is 4.27. The molecule has 0 radical (unpaired) electrons. The number of alkyl halides is 3. The number of anilines is 1. The van der Waals surface area contributed by atoms with E-state index < -0.39 is 11.7 Å². The first kappa shape index (κ1) is 14.8. The highest BCUT2D eigenvalue weighted by Crippen LogP contribution is 2.38. The SMILES string of the molecule is NC1CC1c1ccc(NCc2cccc(C(F)(F)F)c2)nc1. The van der Waals surface area contributed by atoms with Crippen LogP contribution in [0.5, 0.6) is 0 Å². The molecule has 0 aliphatic heterocycles. The van der Waals surface area contributed by atoms with E-state index in [1.165, 1.54) is 6.07 Å². The maximum atomic E-state index is 12.6. The van der Waals surface area contributed by atoms with Gasteiger partial charge in [0.05, 0.1) is 5.56 Å². The number of hydrogen-bond acceptors (Lipinski definition) is 3. The van der Waals surface area contributed by atoms with E-state index in [4.69, 9.17) is 5.73 Å². The number of pyridine rings is 1. The summed E-state index contributed by atoms with van der Waals surface area (Å²) >= 11 is 0. The van der Waals surface area contributed by atoms with Crippen LogP contribution in [0, 0.1) is 0 Å². The Bertz CT molecular complexity index is 652. The Morgan fingerprint density at radius 2 is 2.00 bits per heavy atom. The normalized spacial score (nSPS) is 20.7. The lowest BCUT2D eigenvalue weighted by molar-refractivity contribution is -0.137. The van der Waals surface area contributed by atoms with Gasteiger partial charge in [0.1, 0.15) is 5.82 Å². The summed E-state index contributed by atoms with van der Waals surface area (Å²) in [5, 5.41) is 3.03. The van der Waals surface area contributed by atoms with Gasteiger partial charge in [-0.2, -0.15) is 13.2 Å². The van der Waals surface area contributed by atoms with Gasteiger partial charge in [-0.15, -0.1) is 0 Å². The Kier molecular flexibility index (Phi) is 3.78. The first-order valence-corrected chi connectivity index (χ1v) is 7.05. The minimum Gasteiger partial charge on any atom is -0.366 e. The summed E-state index contributed by atoms with van der Waals surface area (Å²) in [5.74, 6) is 1.03. The van der Waals surface area contributed by atoms with E-state index in [0.717, 1.165) is 24.1 Å². The minimum atomic E-state index is -4.32. The lowest BCUT2D eigenvalue weighted by atomic mass is 10.1. The molecule has 1 aromatic carbocycles. The zero-order valence-electron chi connectivity index (χ0n) is 11.8. The summed E-state index contributed by atoms with van der Waals surface area (Å²) < 4.78 is 37.9. The molecule has 0 saturated heterocycles. The van der Waals surface area contributed by atoms with Crippen molar-refractivity contribution in [1.29, 1.82) is 0 Å². The van der Waals surface area contributed by atoms with Crippen molar-refractivity contribution in [1.82, 2.24) is 4.98 Å². The van der Waals surface area contributed by atoms with Gasteiger partial charge in [-0.05, 0) is 35.7 Å². The molecule has 1 heterocycles. The number of nitrogens with zero attached hydrogens (tertiary/aromatic N) is 1. The Morgan fingerprint density at radius 1 is 1.23 bits per heavy atom. The standard InChI is InChI=1S/C16H16F3N3/c17-16(18,19)12-3-1-2-10(6-12)8-21-15-5-4-11(9-22-15)13-7-14(13)20/h1-6,9,13-14H,7-8,20H2,(H,21,22). The maximum Gasteiger partial charge on any atom is 0.416 e. The molecule has 6 heteroatoms. The van der Waals surface area contributed by atoms with E-state index in [2.05, 4.69) is 10.3 Å². The van der Waals surface area contributed by atoms with Crippen molar-refractivity contribution in [3.05, 3.63) is 59.3 Å². The van der Waals surface area contributed by atoms with Crippen molar-refractivity contribution in [3.63, 3.8) is 0 Å². The first-order chi connectivity index (χ1) is 10.4. The fourth-order valence-electron chi connectivity index (χ4n) is 2.38. The summed E-state index contributed by atoms with van der Waals surface area (Å²) in [5.41, 5.74) is 6.81. The number of halogens is 3. The Labute approximate surface area is 126 Å². The van der Waals surface area contributed by atoms with Crippen molar-refractivity contribution < 1.29 is 13.2 Å². The zero-order valence-corrected chi connectivity index (χ0v) is 11.8. The maximum absolute atomic E-state index is 12.6. The summed E-state index contributed by atoms with van der Waals surface area (Å²) in [7, 11) is 0. The fourth-order valence-corrected chi connectivity index (χ4v) is 2.38. The number of benzene rings is 1. The van der Waals surface area contributed by atoms with E-state index in [1.807, 2.05) is 12.1 Å². The highest BCUT2D eigenvalue weighted by molar-refractivity contribution is 5.39. The molecular formula is C16H16F3N3. The molecule has 22 heavy (non-hydrogen) atoms.